The Morgan fingerprint density at radius 2 is 1.83 bits per heavy atom. The minimum Gasteiger partial charge on any atom is -0.494 e. The Balaban J connectivity index is 0.00000320. The highest BCUT2D eigenvalue weighted by molar-refractivity contribution is 7.22. The van der Waals surface area contributed by atoms with E-state index in [4.69, 9.17) is 9.72 Å². The van der Waals surface area contributed by atoms with E-state index in [0.717, 1.165) is 34.3 Å². The molecule has 1 amide bonds. The number of anilines is 1. The molecule has 1 heterocycles. The third kappa shape index (κ3) is 5.68. The normalized spacial score (nSPS) is 10.9. The molecule has 2 aromatic carbocycles. The second-order valence-corrected chi connectivity index (χ2v) is 8.24. The van der Waals surface area contributed by atoms with Gasteiger partial charge in [-0.15, -0.1) is 12.4 Å². The van der Waals surface area contributed by atoms with Crippen LogP contribution < -0.4 is 9.64 Å². The number of methoxy groups -OCH3 is 1. The first-order chi connectivity index (χ1) is 13.9. The average molecular weight is 452 g/mol. The van der Waals surface area contributed by atoms with Crippen LogP contribution in [0.3, 0.4) is 0 Å². The summed E-state index contributed by atoms with van der Waals surface area (Å²) in [6, 6.07) is 9.96. The molecule has 0 aliphatic heterocycles. The van der Waals surface area contributed by atoms with E-state index in [2.05, 4.69) is 4.90 Å². The standard InChI is InChI=1S/C22H26FN3O2S.ClH/c1-15-6-11-18(28-4)20-21(15)29-22(24-20)26(13-5-12-25(2)3)19(27)14-16-7-9-17(23)10-8-16;/h6-11H,5,12-14H2,1-4H3;1H. The van der Waals surface area contributed by atoms with Crippen LogP contribution in [0, 0.1) is 12.7 Å². The predicted octanol–water partition coefficient (Wildman–Crippen LogP) is 4.70. The third-order valence-corrected chi connectivity index (χ3v) is 5.91. The summed E-state index contributed by atoms with van der Waals surface area (Å²) < 4.78 is 19.7. The van der Waals surface area contributed by atoms with E-state index in [1.165, 1.54) is 23.5 Å². The number of fused-ring (bicyclic) bond motifs is 1. The lowest BCUT2D eigenvalue weighted by Gasteiger charge is -2.21. The number of carbonyl (C=O) groups excluding carboxylic acids is 1. The number of carbonyl (C=O) groups is 1. The van der Waals surface area contributed by atoms with Crippen molar-refractivity contribution >= 4 is 45.0 Å². The molecule has 3 rings (SSSR count). The van der Waals surface area contributed by atoms with Gasteiger partial charge in [0.1, 0.15) is 17.1 Å². The monoisotopic (exact) mass is 451 g/mol. The van der Waals surface area contributed by atoms with Crippen molar-refractivity contribution < 1.29 is 13.9 Å². The number of aromatic nitrogens is 1. The van der Waals surface area contributed by atoms with E-state index in [9.17, 15) is 9.18 Å². The van der Waals surface area contributed by atoms with Crippen molar-refractivity contribution in [2.24, 2.45) is 0 Å². The fourth-order valence-corrected chi connectivity index (χ4v) is 4.22. The van der Waals surface area contributed by atoms with Gasteiger partial charge in [0.2, 0.25) is 5.91 Å². The maximum atomic E-state index is 13.2. The zero-order valence-corrected chi connectivity index (χ0v) is 19.3. The Kier molecular flexibility index (Phi) is 8.58. The summed E-state index contributed by atoms with van der Waals surface area (Å²) in [7, 11) is 5.64. The molecule has 8 heteroatoms. The SMILES string of the molecule is COc1ccc(C)c2sc(N(CCCN(C)C)C(=O)Cc3ccc(F)cc3)nc12.Cl. The Morgan fingerprint density at radius 3 is 2.47 bits per heavy atom. The minimum atomic E-state index is -0.308. The van der Waals surface area contributed by atoms with Crippen LogP contribution >= 0.6 is 23.7 Å². The summed E-state index contributed by atoms with van der Waals surface area (Å²) in [4.78, 5) is 21.7. The van der Waals surface area contributed by atoms with Gasteiger partial charge in [0.05, 0.1) is 18.2 Å². The van der Waals surface area contributed by atoms with Crippen LogP contribution in [0.1, 0.15) is 17.5 Å². The first kappa shape index (κ1) is 24.1. The van der Waals surface area contributed by atoms with Crippen LogP contribution in [-0.4, -0.2) is 50.1 Å². The van der Waals surface area contributed by atoms with Crippen molar-refractivity contribution in [2.45, 2.75) is 19.8 Å². The lowest BCUT2D eigenvalue weighted by molar-refractivity contribution is -0.118. The molecule has 5 nitrogen and oxygen atoms in total. The summed E-state index contributed by atoms with van der Waals surface area (Å²) in [6.45, 7) is 3.47. The lowest BCUT2D eigenvalue weighted by atomic mass is 10.1. The molecule has 0 N–H and O–H groups in total. The molecule has 0 aliphatic rings. The molecule has 0 aliphatic carbocycles. The van der Waals surface area contributed by atoms with Gasteiger partial charge < -0.3 is 9.64 Å². The molecular formula is C22H27ClFN3O2S. The molecular weight excluding hydrogens is 425 g/mol. The second-order valence-electron chi connectivity index (χ2n) is 7.26. The Bertz CT molecular complexity index is 992. The molecule has 0 fully saturated rings. The molecule has 1 aromatic heterocycles. The number of hydrogen-bond acceptors (Lipinski definition) is 5. The Hall–Kier alpha value is -2.22. The van der Waals surface area contributed by atoms with Gasteiger partial charge in [0.25, 0.3) is 0 Å². The van der Waals surface area contributed by atoms with E-state index in [1.54, 1.807) is 24.1 Å². The minimum absolute atomic E-state index is 0. The highest BCUT2D eigenvalue weighted by atomic mass is 35.5. The Labute approximate surface area is 186 Å². The highest BCUT2D eigenvalue weighted by Crippen LogP contribution is 2.36. The van der Waals surface area contributed by atoms with Crippen molar-refractivity contribution in [3.05, 3.63) is 53.3 Å². The summed E-state index contributed by atoms with van der Waals surface area (Å²) in [5.41, 5.74) is 2.66. The molecule has 0 unspecified atom stereocenters. The van der Waals surface area contributed by atoms with Crippen LogP contribution in [0.2, 0.25) is 0 Å². The largest absolute Gasteiger partial charge is 0.494 e. The highest BCUT2D eigenvalue weighted by Gasteiger charge is 2.21. The molecule has 0 saturated heterocycles. The van der Waals surface area contributed by atoms with Gasteiger partial charge in [-0.3, -0.25) is 9.69 Å². The summed E-state index contributed by atoms with van der Waals surface area (Å²) >= 11 is 1.50. The fourth-order valence-electron chi connectivity index (χ4n) is 3.12. The van der Waals surface area contributed by atoms with Crippen molar-refractivity contribution in [1.82, 2.24) is 9.88 Å². The number of hydrogen-bond donors (Lipinski definition) is 0. The zero-order chi connectivity index (χ0) is 21.0. The van der Waals surface area contributed by atoms with E-state index in [0.29, 0.717) is 17.4 Å². The van der Waals surface area contributed by atoms with Crippen LogP contribution in [0.25, 0.3) is 10.2 Å². The number of benzene rings is 2. The molecule has 0 spiro atoms. The van der Waals surface area contributed by atoms with Crippen molar-refractivity contribution in [3.63, 3.8) is 0 Å². The fraction of sp³-hybridized carbons (Fsp3) is 0.364. The van der Waals surface area contributed by atoms with Gasteiger partial charge in [0.15, 0.2) is 5.13 Å². The van der Waals surface area contributed by atoms with E-state index in [1.807, 2.05) is 33.2 Å². The average Bonchev–Trinajstić information content (AvgIpc) is 3.13. The molecule has 0 radical (unpaired) electrons. The van der Waals surface area contributed by atoms with E-state index >= 15 is 0 Å². The van der Waals surface area contributed by atoms with Gasteiger partial charge in [-0.25, -0.2) is 9.37 Å². The van der Waals surface area contributed by atoms with E-state index in [-0.39, 0.29) is 30.6 Å². The smallest absolute Gasteiger partial charge is 0.233 e. The number of amides is 1. The maximum Gasteiger partial charge on any atom is 0.233 e. The lowest BCUT2D eigenvalue weighted by Crippen LogP contribution is -2.34. The summed E-state index contributed by atoms with van der Waals surface area (Å²) in [5, 5.41) is 0.665. The second kappa shape index (κ2) is 10.7. The summed E-state index contributed by atoms with van der Waals surface area (Å²) in [6.07, 6.45) is 1.03. The van der Waals surface area contributed by atoms with Crippen LogP contribution in [0.5, 0.6) is 5.75 Å². The van der Waals surface area contributed by atoms with Crippen LogP contribution in [-0.2, 0) is 11.2 Å². The number of halogens is 2. The molecule has 3 aromatic rings. The van der Waals surface area contributed by atoms with Crippen molar-refractivity contribution in [1.29, 1.82) is 0 Å². The molecule has 30 heavy (non-hydrogen) atoms. The first-order valence-corrected chi connectivity index (χ1v) is 10.3. The predicted molar refractivity (Wildman–Crippen MR) is 124 cm³/mol. The van der Waals surface area contributed by atoms with Gasteiger partial charge in [-0.05, 0) is 63.3 Å². The van der Waals surface area contributed by atoms with Crippen molar-refractivity contribution in [2.75, 3.05) is 39.2 Å². The van der Waals surface area contributed by atoms with Gasteiger partial charge in [-0.2, -0.15) is 0 Å². The maximum absolute atomic E-state index is 13.2. The first-order valence-electron chi connectivity index (χ1n) is 9.52. The van der Waals surface area contributed by atoms with E-state index < -0.39 is 0 Å². The quantitative estimate of drug-likeness (QED) is 0.498. The third-order valence-electron chi connectivity index (χ3n) is 4.70. The van der Waals surface area contributed by atoms with Gasteiger partial charge >= 0.3 is 0 Å². The van der Waals surface area contributed by atoms with Crippen molar-refractivity contribution in [3.8, 4) is 5.75 Å². The topological polar surface area (TPSA) is 45.7 Å². The molecule has 0 bridgehead atoms. The van der Waals surface area contributed by atoms with Crippen LogP contribution in [0.4, 0.5) is 9.52 Å². The Morgan fingerprint density at radius 1 is 1.13 bits per heavy atom. The number of nitrogens with zero attached hydrogens (tertiary/aromatic N) is 3. The molecule has 0 saturated carbocycles. The van der Waals surface area contributed by atoms with Gasteiger partial charge in [-0.1, -0.05) is 29.5 Å². The number of thiazole rings is 1. The molecule has 162 valence electrons. The molecule has 0 atom stereocenters. The number of rotatable bonds is 8. The van der Waals surface area contributed by atoms with Gasteiger partial charge in [0, 0.05) is 6.54 Å². The number of aryl methyl sites for hydroxylation is 1. The summed E-state index contributed by atoms with van der Waals surface area (Å²) in [5.74, 6) is 0.344. The zero-order valence-electron chi connectivity index (χ0n) is 17.6. The number of ether oxygens (including phenoxy) is 1. The van der Waals surface area contributed by atoms with Crippen LogP contribution in [0.15, 0.2) is 36.4 Å².